The summed E-state index contributed by atoms with van der Waals surface area (Å²) in [5.41, 5.74) is 7.72. The van der Waals surface area contributed by atoms with Crippen LogP contribution in [0.3, 0.4) is 0 Å². The van der Waals surface area contributed by atoms with Crippen molar-refractivity contribution in [3.63, 3.8) is 0 Å². The van der Waals surface area contributed by atoms with Crippen molar-refractivity contribution in [2.24, 2.45) is 5.84 Å². The van der Waals surface area contributed by atoms with Gasteiger partial charge in [-0.1, -0.05) is 29.8 Å². The van der Waals surface area contributed by atoms with Crippen LogP contribution in [0.4, 0.5) is 0 Å². The normalized spacial score (nSPS) is 12.2. The molecular weight excluding hydrogens is 250 g/mol. The molecule has 0 aliphatic carbocycles. The third kappa shape index (κ3) is 3.35. The highest BCUT2D eigenvalue weighted by Gasteiger charge is 2.13. The molecule has 20 heavy (non-hydrogen) atoms. The third-order valence-corrected chi connectivity index (χ3v) is 3.46. The van der Waals surface area contributed by atoms with Crippen LogP contribution in [0.25, 0.3) is 0 Å². The van der Waals surface area contributed by atoms with E-state index in [9.17, 15) is 0 Å². The van der Waals surface area contributed by atoms with Crippen LogP contribution in [-0.2, 0) is 6.42 Å². The number of methoxy groups -OCH3 is 1. The molecule has 0 aliphatic heterocycles. The fourth-order valence-electron chi connectivity index (χ4n) is 2.28. The van der Waals surface area contributed by atoms with Crippen molar-refractivity contribution in [3.8, 4) is 5.88 Å². The molecule has 1 aromatic heterocycles. The van der Waals surface area contributed by atoms with E-state index in [-0.39, 0.29) is 6.04 Å². The molecule has 0 radical (unpaired) electrons. The Hall–Kier alpha value is -1.91. The first-order valence-corrected chi connectivity index (χ1v) is 6.66. The second kappa shape index (κ2) is 6.50. The Labute approximate surface area is 120 Å². The number of hydrazine groups is 1. The van der Waals surface area contributed by atoms with Crippen LogP contribution >= 0.6 is 0 Å². The summed E-state index contributed by atoms with van der Waals surface area (Å²) in [5, 5.41) is 0. The largest absolute Gasteiger partial charge is 0.481 e. The van der Waals surface area contributed by atoms with Gasteiger partial charge in [-0.3, -0.25) is 11.3 Å². The predicted octanol–water partition coefficient (Wildman–Crippen LogP) is 2.45. The van der Waals surface area contributed by atoms with Crippen molar-refractivity contribution < 1.29 is 4.74 Å². The quantitative estimate of drug-likeness (QED) is 0.648. The summed E-state index contributed by atoms with van der Waals surface area (Å²) in [4.78, 5) is 4.23. The average molecular weight is 271 g/mol. The van der Waals surface area contributed by atoms with E-state index >= 15 is 0 Å². The highest BCUT2D eigenvalue weighted by Crippen LogP contribution is 2.22. The number of benzene rings is 1. The lowest BCUT2D eigenvalue weighted by molar-refractivity contribution is 0.397. The number of rotatable bonds is 5. The van der Waals surface area contributed by atoms with E-state index in [1.807, 2.05) is 18.3 Å². The van der Waals surface area contributed by atoms with Crippen LogP contribution in [0.2, 0.25) is 0 Å². The van der Waals surface area contributed by atoms with Gasteiger partial charge in [-0.25, -0.2) is 4.98 Å². The summed E-state index contributed by atoms with van der Waals surface area (Å²) in [6.45, 7) is 4.19. The molecule has 4 heteroatoms. The Morgan fingerprint density at radius 1 is 1.25 bits per heavy atom. The van der Waals surface area contributed by atoms with Crippen molar-refractivity contribution in [1.82, 2.24) is 10.4 Å². The number of hydrogen-bond acceptors (Lipinski definition) is 4. The van der Waals surface area contributed by atoms with Crippen LogP contribution in [0.15, 0.2) is 36.5 Å². The summed E-state index contributed by atoms with van der Waals surface area (Å²) in [6.07, 6.45) is 2.62. The zero-order valence-electron chi connectivity index (χ0n) is 12.2. The molecule has 1 aromatic carbocycles. The van der Waals surface area contributed by atoms with E-state index in [2.05, 4.69) is 42.5 Å². The molecule has 3 N–H and O–H groups in total. The Kier molecular flexibility index (Phi) is 4.71. The molecule has 2 rings (SSSR count). The first kappa shape index (κ1) is 14.5. The number of pyridine rings is 1. The minimum atomic E-state index is 0.0742. The average Bonchev–Trinajstić information content (AvgIpc) is 2.48. The fourth-order valence-corrected chi connectivity index (χ4v) is 2.28. The number of ether oxygens (including phenoxy) is 1. The third-order valence-electron chi connectivity index (χ3n) is 3.46. The van der Waals surface area contributed by atoms with E-state index < -0.39 is 0 Å². The standard InChI is InChI=1S/C16H21N3O/c1-11-4-5-12(2)14(8-11)15(19-17)9-13-6-7-16(20-3)18-10-13/h4-8,10,15,19H,9,17H2,1-3H3. The van der Waals surface area contributed by atoms with Gasteiger partial charge in [-0.2, -0.15) is 0 Å². The molecule has 106 valence electrons. The van der Waals surface area contributed by atoms with Gasteiger partial charge in [-0.05, 0) is 37.0 Å². The smallest absolute Gasteiger partial charge is 0.212 e. The summed E-state index contributed by atoms with van der Waals surface area (Å²) in [7, 11) is 1.61. The summed E-state index contributed by atoms with van der Waals surface area (Å²) >= 11 is 0. The first-order valence-electron chi connectivity index (χ1n) is 6.66. The van der Waals surface area contributed by atoms with Gasteiger partial charge in [0.15, 0.2) is 0 Å². The number of nitrogens with two attached hydrogens (primary N) is 1. The van der Waals surface area contributed by atoms with E-state index in [1.54, 1.807) is 7.11 Å². The van der Waals surface area contributed by atoms with E-state index in [4.69, 9.17) is 10.6 Å². The fraction of sp³-hybridized carbons (Fsp3) is 0.312. The Bertz CT molecular complexity index is 566. The minimum Gasteiger partial charge on any atom is -0.481 e. The van der Waals surface area contributed by atoms with Crippen molar-refractivity contribution >= 4 is 0 Å². The number of hydrogen-bond donors (Lipinski definition) is 2. The Morgan fingerprint density at radius 2 is 2.05 bits per heavy atom. The molecule has 2 aromatic rings. The van der Waals surface area contributed by atoms with Gasteiger partial charge >= 0.3 is 0 Å². The maximum atomic E-state index is 5.73. The Morgan fingerprint density at radius 3 is 2.65 bits per heavy atom. The minimum absolute atomic E-state index is 0.0742. The van der Waals surface area contributed by atoms with Gasteiger partial charge in [0.25, 0.3) is 0 Å². The molecule has 0 bridgehead atoms. The Balaban J connectivity index is 2.21. The number of nitrogens with zero attached hydrogens (tertiary/aromatic N) is 1. The summed E-state index contributed by atoms with van der Waals surface area (Å²) in [5.74, 6) is 6.36. The van der Waals surface area contributed by atoms with E-state index in [0.29, 0.717) is 5.88 Å². The molecule has 0 amide bonds. The molecule has 1 atom stereocenters. The monoisotopic (exact) mass is 271 g/mol. The molecule has 0 fully saturated rings. The summed E-state index contributed by atoms with van der Waals surface area (Å²) in [6, 6.07) is 10.4. The van der Waals surface area contributed by atoms with Gasteiger partial charge < -0.3 is 4.74 Å². The lowest BCUT2D eigenvalue weighted by atomic mass is 9.95. The number of aryl methyl sites for hydroxylation is 2. The SMILES string of the molecule is COc1ccc(CC(NN)c2cc(C)ccc2C)cn1. The lowest BCUT2D eigenvalue weighted by Crippen LogP contribution is -2.30. The van der Waals surface area contributed by atoms with E-state index in [0.717, 1.165) is 12.0 Å². The highest BCUT2D eigenvalue weighted by atomic mass is 16.5. The van der Waals surface area contributed by atoms with Crippen LogP contribution < -0.4 is 16.0 Å². The second-order valence-corrected chi connectivity index (χ2v) is 4.99. The molecule has 1 unspecified atom stereocenters. The first-order chi connectivity index (χ1) is 9.63. The zero-order valence-corrected chi connectivity index (χ0v) is 12.2. The van der Waals surface area contributed by atoms with Crippen molar-refractivity contribution in [2.75, 3.05) is 7.11 Å². The molecule has 0 spiro atoms. The lowest BCUT2D eigenvalue weighted by Gasteiger charge is -2.19. The molecule has 1 heterocycles. The van der Waals surface area contributed by atoms with Crippen LogP contribution in [0.5, 0.6) is 5.88 Å². The number of nitrogens with one attached hydrogen (secondary N) is 1. The molecule has 4 nitrogen and oxygen atoms in total. The van der Waals surface area contributed by atoms with Gasteiger partial charge in [-0.15, -0.1) is 0 Å². The molecule has 0 saturated carbocycles. The topological polar surface area (TPSA) is 60.2 Å². The van der Waals surface area contributed by atoms with E-state index in [1.165, 1.54) is 16.7 Å². The predicted molar refractivity (Wildman–Crippen MR) is 80.5 cm³/mol. The van der Waals surface area contributed by atoms with Gasteiger partial charge in [0.2, 0.25) is 5.88 Å². The van der Waals surface area contributed by atoms with Gasteiger partial charge in [0.05, 0.1) is 13.2 Å². The van der Waals surface area contributed by atoms with Crippen molar-refractivity contribution in [2.45, 2.75) is 26.3 Å². The maximum Gasteiger partial charge on any atom is 0.212 e. The molecular formula is C16H21N3O. The highest BCUT2D eigenvalue weighted by molar-refractivity contribution is 5.34. The second-order valence-electron chi connectivity index (χ2n) is 4.99. The molecule has 0 aliphatic rings. The zero-order chi connectivity index (χ0) is 14.5. The summed E-state index contributed by atoms with van der Waals surface area (Å²) < 4.78 is 5.07. The van der Waals surface area contributed by atoms with Gasteiger partial charge in [0, 0.05) is 12.3 Å². The van der Waals surface area contributed by atoms with Crippen LogP contribution in [0.1, 0.15) is 28.3 Å². The van der Waals surface area contributed by atoms with Crippen molar-refractivity contribution in [1.29, 1.82) is 0 Å². The van der Waals surface area contributed by atoms with Crippen LogP contribution in [-0.4, -0.2) is 12.1 Å². The maximum absolute atomic E-state index is 5.73. The van der Waals surface area contributed by atoms with Crippen LogP contribution in [0, 0.1) is 13.8 Å². The number of aromatic nitrogens is 1. The molecule has 0 saturated heterocycles. The van der Waals surface area contributed by atoms with Gasteiger partial charge in [0.1, 0.15) is 0 Å². The van der Waals surface area contributed by atoms with Crippen molar-refractivity contribution in [3.05, 3.63) is 58.8 Å².